The van der Waals surface area contributed by atoms with Gasteiger partial charge in [-0.1, -0.05) is 22.6 Å². The summed E-state index contributed by atoms with van der Waals surface area (Å²) in [7, 11) is 3.51. The molecule has 0 aromatic rings. The topological polar surface area (TPSA) is 61.1 Å². The number of rotatable bonds is 4. The number of hydrogen-bond donors (Lipinski definition) is 1. The van der Waals surface area contributed by atoms with Gasteiger partial charge < -0.3 is 5.11 Å². The molecule has 0 aromatic heterocycles. The first-order chi connectivity index (χ1) is 5.37. The van der Waals surface area contributed by atoms with Crippen molar-refractivity contribution in [2.24, 2.45) is 0 Å². The molecule has 5 heteroatoms. The molecule has 1 N–H and O–H groups in total. The van der Waals surface area contributed by atoms with Crippen LogP contribution in [0.2, 0.25) is 0 Å². The molecule has 4 nitrogen and oxygen atoms in total. The van der Waals surface area contributed by atoms with Crippen LogP contribution in [0.3, 0.4) is 0 Å². The van der Waals surface area contributed by atoms with Crippen molar-refractivity contribution < 1.29 is 14.4 Å². The number of nitriles is 1. The summed E-state index contributed by atoms with van der Waals surface area (Å²) in [6, 6.07) is 0. The normalized spacial score (nSPS) is 13.5. The van der Waals surface area contributed by atoms with E-state index in [0.717, 1.165) is 0 Å². The molecule has 68 valence electrons. The van der Waals surface area contributed by atoms with E-state index in [9.17, 15) is 4.79 Å². The van der Waals surface area contributed by atoms with Crippen molar-refractivity contribution >= 4 is 28.6 Å². The summed E-state index contributed by atoms with van der Waals surface area (Å²) in [6.07, 6.45) is 2.20. The number of nitrogens with zero attached hydrogens (tertiary/aromatic N) is 2. The van der Waals surface area contributed by atoms with Crippen LogP contribution in [0.25, 0.3) is 0 Å². The molecule has 0 saturated carbocycles. The number of alkyl halides is 1. The second-order valence-electron chi connectivity index (χ2n) is 3.16. The highest BCUT2D eigenvalue weighted by atomic mass is 127. The van der Waals surface area contributed by atoms with Crippen LogP contribution in [0.15, 0.2) is 0 Å². The summed E-state index contributed by atoms with van der Waals surface area (Å²) in [4.78, 5) is 10.3. The average molecular weight is 283 g/mol. The van der Waals surface area contributed by atoms with Gasteiger partial charge in [0.2, 0.25) is 0 Å². The van der Waals surface area contributed by atoms with Crippen molar-refractivity contribution in [2.45, 2.75) is 10.3 Å². The number of carbonyl (C=O) groups is 1. The third kappa shape index (κ3) is 5.32. The third-order valence-electron chi connectivity index (χ3n) is 1.32. The second-order valence-corrected chi connectivity index (χ2v) is 4.92. The van der Waals surface area contributed by atoms with E-state index < -0.39 is 5.97 Å². The molecule has 1 atom stereocenters. The fraction of sp³-hybridized carbons (Fsp3) is 0.714. The molecule has 0 amide bonds. The van der Waals surface area contributed by atoms with E-state index in [1.54, 1.807) is 14.1 Å². The van der Waals surface area contributed by atoms with Crippen LogP contribution < -0.4 is 0 Å². The lowest BCUT2D eigenvalue weighted by molar-refractivity contribution is -0.823. The molecule has 0 spiro atoms. The van der Waals surface area contributed by atoms with E-state index in [0.29, 0.717) is 6.54 Å². The predicted octanol–water partition coefficient (Wildman–Crippen LogP) is 0.822. The van der Waals surface area contributed by atoms with Gasteiger partial charge in [-0.3, -0.25) is 4.79 Å². The van der Waals surface area contributed by atoms with Crippen molar-refractivity contribution in [1.82, 2.24) is 0 Å². The Morgan fingerprint density at radius 1 is 1.75 bits per heavy atom. The molecule has 0 aliphatic carbocycles. The molecular weight excluding hydrogens is 271 g/mol. The Hall–Kier alpha value is -0.350. The number of quaternary nitrogens is 1. The number of hydrogen-bond acceptors (Lipinski definition) is 2. The second kappa shape index (κ2) is 4.62. The van der Waals surface area contributed by atoms with Crippen molar-refractivity contribution in [3.8, 4) is 6.19 Å². The Kier molecular flexibility index (Phi) is 4.49. The zero-order valence-corrected chi connectivity index (χ0v) is 9.28. The summed E-state index contributed by atoms with van der Waals surface area (Å²) in [6.45, 7) is 0.559. The lowest BCUT2D eigenvalue weighted by Gasteiger charge is -2.20. The van der Waals surface area contributed by atoms with Gasteiger partial charge in [0.15, 0.2) is 0 Å². The Balaban J connectivity index is 3.94. The van der Waals surface area contributed by atoms with E-state index in [4.69, 9.17) is 10.4 Å². The summed E-state index contributed by atoms with van der Waals surface area (Å²) in [5.41, 5.74) is 0. The van der Waals surface area contributed by atoms with Crippen LogP contribution in [-0.4, -0.2) is 40.1 Å². The highest BCUT2D eigenvalue weighted by Crippen LogP contribution is 2.10. The maximum absolute atomic E-state index is 10.3. The zero-order valence-electron chi connectivity index (χ0n) is 7.12. The molecule has 0 aliphatic heterocycles. The smallest absolute Gasteiger partial charge is 0.308 e. The SMILES string of the molecule is C[N+](C)(C#N)CC(I)CC(=O)O. The first kappa shape index (κ1) is 11.6. The molecule has 0 fully saturated rings. The van der Waals surface area contributed by atoms with Crippen LogP contribution >= 0.6 is 22.6 Å². The van der Waals surface area contributed by atoms with Gasteiger partial charge in [0, 0.05) is 0 Å². The van der Waals surface area contributed by atoms with Crippen LogP contribution in [0.5, 0.6) is 0 Å². The Morgan fingerprint density at radius 3 is 2.58 bits per heavy atom. The molecule has 0 aromatic carbocycles. The maximum Gasteiger partial charge on any atom is 0.308 e. The fourth-order valence-corrected chi connectivity index (χ4v) is 2.15. The minimum atomic E-state index is -0.813. The third-order valence-corrected chi connectivity index (χ3v) is 2.16. The molecule has 0 bridgehead atoms. The Labute approximate surface area is 85.5 Å². The van der Waals surface area contributed by atoms with Crippen LogP contribution in [0.4, 0.5) is 0 Å². The van der Waals surface area contributed by atoms with E-state index >= 15 is 0 Å². The minimum absolute atomic E-state index is 0.00903. The van der Waals surface area contributed by atoms with Crippen LogP contribution in [0.1, 0.15) is 6.42 Å². The molecule has 0 heterocycles. The molecule has 12 heavy (non-hydrogen) atoms. The van der Waals surface area contributed by atoms with Crippen LogP contribution in [-0.2, 0) is 4.79 Å². The Morgan fingerprint density at radius 2 is 2.25 bits per heavy atom. The van der Waals surface area contributed by atoms with Crippen molar-refractivity contribution in [3.63, 3.8) is 0 Å². The predicted molar refractivity (Wildman–Crippen MR) is 52.6 cm³/mol. The number of aliphatic carboxylic acids is 1. The van der Waals surface area contributed by atoms with Crippen molar-refractivity contribution in [3.05, 3.63) is 0 Å². The van der Waals surface area contributed by atoms with Gasteiger partial charge in [0.05, 0.1) is 24.4 Å². The van der Waals surface area contributed by atoms with Gasteiger partial charge in [0.25, 0.3) is 0 Å². The van der Waals surface area contributed by atoms with Crippen LogP contribution in [0, 0.1) is 11.5 Å². The van der Waals surface area contributed by atoms with Gasteiger partial charge in [-0.2, -0.15) is 0 Å². The van der Waals surface area contributed by atoms with E-state index in [1.165, 1.54) is 0 Å². The fourth-order valence-electron chi connectivity index (χ4n) is 0.790. The largest absolute Gasteiger partial charge is 0.481 e. The highest BCUT2D eigenvalue weighted by molar-refractivity contribution is 14.1. The van der Waals surface area contributed by atoms with E-state index in [-0.39, 0.29) is 14.8 Å². The van der Waals surface area contributed by atoms with Gasteiger partial charge in [-0.25, -0.2) is 4.48 Å². The maximum atomic E-state index is 10.3. The Bertz CT molecular complexity index is 210. The lowest BCUT2D eigenvalue weighted by atomic mass is 10.3. The van der Waals surface area contributed by atoms with Gasteiger partial charge in [-0.05, 0) is 0 Å². The van der Waals surface area contributed by atoms with Crippen molar-refractivity contribution in [2.75, 3.05) is 20.6 Å². The molecule has 0 rings (SSSR count). The molecule has 0 radical (unpaired) electrons. The molecule has 0 aliphatic rings. The van der Waals surface area contributed by atoms with Gasteiger partial charge >= 0.3 is 12.2 Å². The number of carboxylic acids is 1. The van der Waals surface area contributed by atoms with Gasteiger partial charge in [0.1, 0.15) is 6.54 Å². The quantitative estimate of drug-likeness (QED) is 0.360. The molecular formula is C7H12IN2O2+. The average Bonchev–Trinajstić information content (AvgIpc) is 1.84. The summed E-state index contributed by atoms with van der Waals surface area (Å²) < 4.78 is 0.204. The first-order valence-corrected chi connectivity index (χ1v) is 4.72. The van der Waals surface area contributed by atoms with Gasteiger partial charge in [-0.15, -0.1) is 5.26 Å². The summed E-state index contributed by atoms with van der Waals surface area (Å²) in [5.74, 6) is -0.813. The highest BCUT2D eigenvalue weighted by Gasteiger charge is 2.21. The van der Waals surface area contributed by atoms with E-state index in [2.05, 4.69) is 28.8 Å². The summed E-state index contributed by atoms with van der Waals surface area (Å²) >= 11 is 2.06. The zero-order chi connectivity index (χ0) is 9.78. The summed E-state index contributed by atoms with van der Waals surface area (Å²) in [5, 5.41) is 17.1. The lowest BCUT2D eigenvalue weighted by Crippen LogP contribution is -2.39. The van der Waals surface area contributed by atoms with E-state index in [1.807, 2.05) is 0 Å². The molecule has 0 saturated heterocycles. The first-order valence-electron chi connectivity index (χ1n) is 3.47. The van der Waals surface area contributed by atoms with Crippen molar-refractivity contribution in [1.29, 1.82) is 5.26 Å². The standard InChI is InChI=1S/C7H11IN2O2/c1-10(2,5-9)4-6(8)3-7(11)12/h6H,3-4H2,1-2H3/p+1. The number of carboxylic acid groups (broad SMARTS) is 1. The minimum Gasteiger partial charge on any atom is -0.481 e. The molecule has 1 unspecified atom stereocenters. The number of halogens is 1. The monoisotopic (exact) mass is 283 g/mol.